The monoisotopic (exact) mass is 345 g/mol. The highest BCUT2D eigenvalue weighted by molar-refractivity contribution is 5.76. The Balaban J connectivity index is 2.54. The first kappa shape index (κ1) is 14.2. The molecule has 2 nitrogen and oxygen atoms in total. The van der Waals surface area contributed by atoms with Crippen LogP contribution in [-0.4, -0.2) is 5.97 Å². The Kier molecular flexibility index (Phi) is 5.18. The van der Waals surface area contributed by atoms with Gasteiger partial charge in [-0.3, -0.25) is 4.79 Å². The van der Waals surface area contributed by atoms with E-state index in [0.717, 1.165) is 0 Å². The second-order valence-corrected chi connectivity index (χ2v) is 7.26. The Morgan fingerprint density at radius 2 is 1.82 bits per heavy atom. The Morgan fingerprint density at radius 1 is 1.24 bits per heavy atom. The van der Waals surface area contributed by atoms with Crippen LogP contribution in [0.25, 0.3) is 0 Å². The van der Waals surface area contributed by atoms with Crippen LogP contribution in [0.5, 0.6) is 0 Å². The number of halogens is 1. The van der Waals surface area contributed by atoms with E-state index >= 15 is 0 Å². The number of rotatable bonds is 3. The summed E-state index contributed by atoms with van der Waals surface area (Å²) in [5.74, 6) is 0.532. The van der Waals surface area contributed by atoms with Crippen molar-refractivity contribution in [2.45, 2.75) is 27.7 Å². The normalized spacial score (nSPS) is 12.4. The SMILES string of the molecule is C/C(=C/[I+]c1ccccc1)OC(=O)C(C)(C)C. The van der Waals surface area contributed by atoms with Gasteiger partial charge in [-0.1, -0.05) is 18.2 Å². The molecule has 0 unspecified atom stereocenters. The maximum Gasteiger partial charge on any atom is 0.353 e. The Bertz CT molecular complexity index is 402. The molecule has 0 aromatic heterocycles. The summed E-state index contributed by atoms with van der Waals surface area (Å²) in [6.07, 6.45) is 0. The summed E-state index contributed by atoms with van der Waals surface area (Å²) < 4.78 is 8.64. The zero-order valence-electron chi connectivity index (χ0n) is 10.7. The molecular formula is C14H18IO2+. The zero-order valence-corrected chi connectivity index (χ0v) is 12.8. The summed E-state index contributed by atoms with van der Waals surface area (Å²) >= 11 is -0.221. The molecule has 0 aliphatic heterocycles. The topological polar surface area (TPSA) is 26.3 Å². The molecule has 1 aromatic rings. The summed E-state index contributed by atoms with van der Waals surface area (Å²) in [4.78, 5) is 11.6. The van der Waals surface area contributed by atoms with Crippen LogP contribution in [0.3, 0.4) is 0 Å². The third kappa shape index (κ3) is 5.35. The van der Waals surface area contributed by atoms with Crippen LogP contribution in [0.4, 0.5) is 0 Å². The van der Waals surface area contributed by atoms with Crippen LogP contribution in [0, 0.1) is 8.99 Å². The van der Waals surface area contributed by atoms with Gasteiger partial charge in [-0.25, -0.2) is 0 Å². The van der Waals surface area contributed by atoms with E-state index < -0.39 is 5.41 Å². The van der Waals surface area contributed by atoms with Gasteiger partial charge in [0.15, 0.2) is 13.4 Å². The average Bonchev–Trinajstić information content (AvgIpc) is 2.26. The first-order chi connectivity index (χ1) is 7.89. The van der Waals surface area contributed by atoms with Crippen LogP contribution >= 0.6 is 0 Å². The molecule has 0 aliphatic rings. The number of hydrogen-bond acceptors (Lipinski definition) is 2. The van der Waals surface area contributed by atoms with Gasteiger partial charge in [-0.2, -0.15) is 0 Å². The van der Waals surface area contributed by atoms with Gasteiger partial charge in [-0.15, -0.1) is 0 Å². The molecule has 3 heteroatoms. The van der Waals surface area contributed by atoms with Gasteiger partial charge in [0.1, 0.15) is 0 Å². The van der Waals surface area contributed by atoms with Crippen molar-refractivity contribution in [3.05, 3.63) is 43.7 Å². The summed E-state index contributed by atoms with van der Waals surface area (Å²) in [6, 6.07) is 10.3. The molecule has 92 valence electrons. The first-order valence-corrected chi connectivity index (χ1v) is 7.79. The summed E-state index contributed by atoms with van der Waals surface area (Å²) in [5.41, 5.74) is -0.444. The number of carbonyl (C=O) groups excluding carboxylic acids is 1. The molecule has 0 fully saturated rings. The maximum atomic E-state index is 11.6. The fourth-order valence-electron chi connectivity index (χ4n) is 0.949. The quantitative estimate of drug-likeness (QED) is 0.450. The number of allylic oxidation sites excluding steroid dienone is 1. The molecule has 0 atom stereocenters. The molecule has 0 radical (unpaired) electrons. The van der Waals surface area contributed by atoms with Gasteiger partial charge >= 0.3 is 27.2 Å². The Labute approximate surface area is 113 Å². The number of ether oxygens (including phenoxy) is 1. The summed E-state index contributed by atoms with van der Waals surface area (Å²) in [5, 5.41) is 0. The summed E-state index contributed by atoms with van der Waals surface area (Å²) in [7, 11) is 0. The smallest absolute Gasteiger partial charge is 0.353 e. The van der Waals surface area contributed by atoms with E-state index in [2.05, 4.69) is 12.1 Å². The lowest BCUT2D eigenvalue weighted by Crippen LogP contribution is -3.59. The van der Waals surface area contributed by atoms with Crippen molar-refractivity contribution in [1.29, 1.82) is 0 Å². The standard InChI is InChI=1S/C14H18IO2/c1-11(17-13(16)14(2,3)4)10-15-12-8-6-5-7-9-12/h5-10H,1-4H3/q+1/b11-10-. The Morgan fingerprint density at radius 3 is 2.35 bits per heavy atom. The lowest BCUT2D eigenvalue weighted by Gasteiger charge is -2.15. The molecular weight excluding hydrogens is 327 g/mol. The van der Waals surface area contributed by atoms with Crippen molar-refractivity contribution in [1.82, 2.24) is 0 Å². The third-order valence-corrected chi connectivity index (χ3v) is 4.56. The van der Waals surface area contributed by atoms with Crippen molar-refractivity contribution in [3.63, 3.8) is 0 Å². The third-order valence-electron chi connectivity index (χ3n) is 1.93. The molecule has 0 heterocycles. The van der Waals surface area contributed by atoms with E-state index in [-0.39, 0.29) is 27.2 Å². The van der Waals surface area contributed by atoms with Crippen LogP contribution in [0.2, 0.25) is 0 Å². The predicted octanol–water partition coefficient (Wildman–Crippen LogP) is 0.396. The van der Waals surface area contributed by atoms with Crippen molar-refractivity contribution in [2.75, 3.05) is 0 Å². The molecule has 1 rings (SSSR count). The maximum absolute atomic E-state index is 11.6. The fraction of sp³-hybridized carbons (Fsp3) is 0.357. The molecule has 0 aliphatic carbocycles. The highest BCUT2D eigenvalue weighted by atomic mass is 127. The molecule has 0 amide bonds. The van der Waals surface area contributed by atoms with Gasteiger partial charge in [0, 0.05) is 0 Å². The molecule has 17 heavy (non-hydrogen) atoms. The molecule has 0 saturated heterocycles. The van der Waals surface area contributed by atoms with E-state index in [1.54, 1.807) is 0 Å². The predicted molar refractivity (Wildman–Crippen MR) is 64.4 cm³/mol. The van der Waals surface area contributed by atoms with Crippen LogP contribution < -0.4 is 21.2 Å². The summed E-state index contributed by atoms with van der Waals surface area (Å²) in [6.45, 7) is 7.41. The van der Waals surface area contributed by atoms with Crippen molar-refractivity contribution >= 4 is 5.97 Å². The highest BCUT2D eigenvalue weighted by Crippen LogP contribution is 2.16. The zero-order chi connectivity index (χ0) is 12.9. The highest BCUT2D eigenvalue weighted by Gasteiger charge is 2.24. The van der Waals surface area contributed by atoms with Crippen LogP contribution in [0.15, 0.2) is 40.2 Å². The second kappa shape index (κ2) is 6.19. The first-order valence-electron chi connectivity index (χ1n) is 5.47. The minimum absolute atomic E-state index is 0.177. The van der Waals surface area contributed by atoms with Gasteiger partial charge in [0.2, 0.25) is 0 Å². The van der Waals surface area contributed by atoms with Gasteiger partial charge < -0.3 is 4.74 Å². The van der Waals surface area contributed by atoms with Crippen molar-refractivity contribution < 1.29 is 30.7 Å². The molecule has 1 aromatic carbocycles. The van der Waals surface area contributed by atoms with E-state index in [4.69, 9.17) is 4.74 Å². The average molecular weight is 345 g/mol. The Hall–Kier alpha value is -0.840. The molecule has 0 saturated carbocycles. The number of hydrogen-bond donors (Lipinski definition) is 0. The van der Waals surface area contributed by atoms with Crippen LogP contribution in [0.1, 0.15) is 27.7 Å². The second-order valence-electron chi connectivity index (χ2n) is 4.76. The van der Waals surface area contributed by atoms with Gasteiger partial charge in [-0.05, 0) is 39.8 Å². The molecule has 0 N–H and O–H groups in total. The lowest BCUT2D eigenvalue weighted by atomic mass is 9.97. The van der Waals surface area contributed by atoms with Crippen molar-refractivity contribution in [3.8, 4) is 0 Å². The minimum Gasteiger partial charge on any atom is -0.427 e. The van der Waals surface area contributed by atoms with E-state index in [9.17, 15) is 4.79 Å². The van der Waals surface area contributed by atoms with Crippen LogP contribution in [-0.2, 0) is 9.53 Å². The number of esters is 1. The lowest BCUT2D eigenvalue weighted by molar-refractivity contribution is -0.558. The largest absolute Gasteiger partial charge is 0.427 e. The molecule has 0 bridgehead atoms. The van der Waals surface area contributed by atoms with Crippen molar-refractivity contribution in [2.24, 2.45) is 5.41 Å². The minimum atomic E-state index is -0.444. The van der Waals surface area contributed by atoms with E-state index in [1.807, 2.05) is 50.0 Å². The van der Waals surface area contributed by atoms with E-state index in [1.165, 1.54) is 3.57 Å². The van der Waals surface area contributed by atoms with Gasteiger partial charge in [0.05, 0.1) is 5.41 Å². The fourth-order valence-corrected chi connectivity index (χ4v) is 2.70. The molecule has 0 spiro atoms. The number of carbonyl (C=O) groups is 1. The van der Waals surface area contributed by atoms with E-state index in [0.29, 0.717) is 5.76 Å². The van der Waals surface area contributed by atoms with Gasteiger partial charge in [0.25, 0.3) is 0 Å². The number of benzene rings is 1.